The van der Waals surface area contributed by atoms with Crippen molar-refractivity contribution in [2.24, 2.45) is 0 Å². The van der Waals surface area contributed by atoms with Gasteiger partial charge in [0.25, 0.3) is 0 Å². The quantitative estimate of drug-likeness (QED) is 0.497. The smallest absolute Gasteiger partial charge is 0.366 e. The molecule has 0 saturated carbocycles. The van der Waals surface area contributed by atoms with Gasteiger partial charge in [-0.05, 0) is 6.92 Å². The molecule has 1 atom stereocenters. The van der Waals surface area contributed by atoms with Crippen molar-refractivity contribution in [2.45, 2.75) is 25.1 Å². The predicted octanol–water partition coefficient (Wildman–Crippen LogP) is 1.73. The van der Waals surface area contributed by atoms with Crippen LogP contribution in [-0.4, -0.2) is 18.4 Å². The summed E-state index contributed by atoms with van der Waals surface area (Å²) in [4.78, 5) is 0. The molecule has 0 aliphatic carbocycles. The number of ether oxygens (including phenoxy) is 1. The molecule has 54 valence electrons. The second kappa shape index (κ2) is 1.62. The Morgan fingerprint density at radius 3 is 1.89 bits per heavy atom. The summed E-state index contributed by atoms with van der Waals surface area (Å²) in [5.41, 5.74) is -1.84. The first-order chi connectivity index (χ1) is 3.96. The van der Waals surface area contributed by atoms with E-state index in [1.54, 1.807) is 0 Å². The SMILES string of the molecule is CC1(C(F)(F)F)CCO1. The van der Waals surface area contributed by atoms with Crippen molar-refractivity contribution in [1.82, 2.24) is 0 Å². The molecular formula is C5H7F3O. The van der Waals surface area contributed by atoms with Gasteiger partial charge in [-0.1, -0.05) is 0 Å². The van der Waals surface area contributed by atoms with Crippen LogP contribution in [0.2, 0.25) is 0 Å². The van der Waals surface area contributed by atoms with Gasteiger partial charge in [-0.2, -0.15) is 13.2 Å². The summed E-state index contributed by atoms with van der Waals surface area (Å²) in [5.74, 6) is 0. The topological polar surface area (TPSA) is 9.23 Å². The molecule has 1 fully saturated rings. The van der Waals surface area contributed by atoms with E-state index in [1.807, 2.05) is 0 Å². The third-order valence-electron chi connectivity index (χ3n) is 1.60. The lowest BCUT2D eigenvalue weighted by molar-refractivity contribution is -0.317. The van der Waals surface area contributed by atoms with E-state index < -0.39 is 11.8 Å². The van der Waals surface area contributed by atoms with E-state index in [2.05, 4.69) is 4.74 Å². The van der Waals surface area contributed by atoms with Gasteiger partial charge < -0.3 is 4.74 Å². The van der Waals surface area contributed by atoms with Crippen LogP contribution in [0.25, 0.3) is 0 Å². The van der Waals surface area contributed by atoms with Gasteiger partial charge in [-0.3, -0.25) is 0 Å². The van der Waals surface area contributed by atoms with Gasteiger partial charge >= 0.3 is 6.18 Å². The molecule has 1 saturated heterocycles. The minimum atomic E-state index is -4.19. The van der Waals surface area contributed by atoms with Crippen LogP contribution in [0.4, 0.5) is 13.2 Å². The molecule has 1 rings (SSSR count). The molecule has 4 heteroatoms. The second-order valence-corrected chi connectivity index (χ2v) is 2.33. The third kappa shape index (κ3) is 0.913. The Morgan fingerprint density at radius 1 is 1.44 bits per heavy atom. The second-order valence-electron chi connectivity index (χ2n) is 2.33. The number of hydrogen-bond donors (Lipinski definition) is 0. The summed E-state index contributed by atoms with van der Waals surface area (Å²) in [6.07, 6.45) is -4.10. The fourth-order valence-electron chi connectivity index (χ4n) is 0.632. The van der Waals surface area contributed by atoms with Gasteiger partial charge in [0.05, 0.1) is 6.61 Å². The molecule has 0 radical (unpaired) electrons. The van der Waals surface area contributed by atoms with E-state index in [-0.39, 0.29) is 13.0 Å². The molecule has 0 spiro atoms. The van der Waals surface area contributed by atoms with E-state index in [0.717, 1.165) is 6.92 Å². The highest BCUT2D eigenvalue weighted by Crippen LogP contribution is 2.41. The Bertz CT molecular complexity index is 114. The van der Waals surface area contributed by atoms with E-state index in [4.69, 9.17) is 0 Å². The number of hydrogen-bond acceptors (Lipinski definition) is 1. The van der Waals surface area contributed by atoms with E-state index >= 15 is 0 Å². The Hall–Kier alpha value is -0.250. The van der Waals surface area contributed by atoms with E-state index in [0.29, 0.717) is 0 Å². The average molecular weight is 140 g/mol. The fraction of sp³-hybridized carbons (Fsp3) is 1.00. The lowest BCUT2D eigenvalue weighted by Crippen LogP contribution is -2.52. The number of rotatable bonds is 0. The predicted molar refractivity (Wildman–Crippen MR) is 25.0 cm³/mol. The summed E-state index contributed by atoms with van der Waals surface area (Å²) in [6, 6.07) is 0. The summed E-state index contributed by atoms with van der Waals surface area (Å²) >= 11 is 0. The highest BCUT2D eigenvalue weighted by atomic mass is 19.4. The van der Waals surface area contributed by atoms with Crippen LogP contribution in [0.1, 0.15) is 13.3 Å². The van der Waals surface area contributed by atoms with Crippen LogP contribution in [0, 0.1) is 0 Å². The van der Waals surface area contributed by atoms with Crippen LogP contribution in [-0.2, 0) is 4.74 Å². The molecule has 0 aromatic rings. The van der Waals surface area contributed by atoms with Crippen molar-refractivity contribution in [2.75, 3.05) is 6.61 Å². The van der Waals surface area contributed by atoms with Crippen molar-refractivity contribution >= 4 is 0 Å². The molecule has 0 amide bonds. The first-order valence-electron chi connectivity index (χ1n) is 2.66. The van der Waals surface area contributed by atoms with Gasteiger partial charge in [0.2, 0.25) is 0 Å². The zero-order valence-electron chi connectivity index (χ0n) is 4.96. The van der Waals surface area contributed by atoms with Crippen molar-refractivity contribution in [1.29, 1.82) is 0 Å². The summed E-state index contributed by atoms with van der Waals surface area (Å²) in [6.45, 7) is 1.30. The standard InChI is InChI=1S/C5H7F3O/c1-4(2-3-9-4)5(6,7)8/h2-3H2,1H3. The molecule has 0 N–H and O–H groups in total. The first kappa shape index (κ1) is 6.86. The van der Waals surface area contributed by atoms with Crippen molar-refractivity contribution in [3.63, 3.8) is 0 Å². The summed E-state index contributed by atoms with van der Waals surface area (Å²) in [5, 5.41) is 0. The monoisotopic (exact) mass is 140 g/mol. The van der Waals surface area contributed by atoms with E-state index in [1.165, 1.54) is 0 Å². The zero-order valence-corrected chi connectivity index (χ0v) is 4.96. The molecule has 1 nitrogen and oxygen atoms in total. The Kier molecular flexibility index (Phi) is 1.24. The molecule has 1 unspecified atom stereocenters. The van der Waals surface area contributed by atoms with Crippen molar-refractivity contribution in [3.05, 3.63) is 0 Å². The molecule has 0 bridgehead atoms. The van der Waals surface area contributed by atoms with Crippen LogP contribution >= 0.6 is 0 Å². The lowest BCUT2D eigenvalue weighted by atomic mass is 9.97. The van der Waals surface area contributed by atoms with Crippen molar-refractivity contribution in [3.8, 4) is 0 Å². The summed E-state index contributed by atoms with van der Waals surface area (Å²) in [7, 11) is 0. The molecule has 0 aromatic carbocycles. The Balaban J connectivity index is 2.59. The number of halogens is 3. The molecule has 9 heavy (non-hydrogen) atoms. The van der Waals surface area contributed by atoms with Gasteiger partial charge in [-0.15, -0.1) is 0 Å². The van der Waals surface area contributed by atoms with Gasteiger partial charge in [0.1, 0.15) is 0 Å². The average Bonchev–Trinajstić information content (AvgIpc) is 1.57. The van der Waals surface area contributed by atoms with Crippen LogP contribution < -0.4 is 0 Å². The lowest BCUT2D eigenvalue weighted by Gasteiger charge is -2.39. The molecular weight excluding hydrogens is 133 g/mol. The van der Waals surface area contributed by atoms with Crippen molar-refractivity contribution < 1.29 is 17.9 Å². The van der Waals surface area contributed by atoms with Crippen LogP contribution in [0.5, 0.6) is 0 Å². The zero-order chi connectivity index (χ0) is 7.12. The largest absolute Gasteiger partial charge is 0.417 e. The number of alkyl halides is 3. The molecule has 0 aromatic heterocycles. The maximum atomic E-state index is 11.8. The summed E-state index contributed by atoms with van der Waals surface area (Å²) < 4.78 is 39.6. The minimum Gasteiger partial charge on any atom is -0.366 e. The molecule has 1 heterocycles. The van der Waals surface area contributed by atoms with Crippen LogP contribution in [0.15, 0.2) is 0 Å². The third-order valence-corrected chi connectivity index (χ3v) is 1.60. The fourth-order valence-corrected chi connectivity index (χ4v) is 0.632. The normalized spacial score (nSPS) is 36.0. The van der Waals surface area contributed by atoms with E-state index in [9.17, 15) is 13.2 Å². The Morgan fingerprint density at radius 2 is 1.89 bits per heavy atom. The maximum Gasteiger partial charge on any atom is 0.417 e. The highest BCUT2D eigenvalue weighted by Gasteiger charge is 2.56. The minimum absolute atomic E-state index is 0.0938. The highest BCUT2D eigenvalue weighted by molar-refractivity contribution is 4.89. The van der Waals surface area contributed by atoms with Gasteiger partial charge in [0, 0.05) is 6.42 Å². The molecule has 1 aliphatic rings. The van der Waals surface area contributed by atoms with Gasteiger partial charge in [0.15, 0.2) is 5.60 Å². The molecule has 1 aliphatic heterocycles. The first-order valence-corrected chi connectivity index (χ1v) is 2.66. The van der Waals surface area contributed by atoms with Crippen LogP contribution in [0.3, 0.4) is 0 Å². The maximum absolute atomic E-state index is 11.8. The van der Waals surface area contributed by atoms with Gasteiger partial charge in [-0.25, -0.2) is 0 Å². The Labute approximate surface area is 50.8 Å².